The molecule has 0 unspecified atom stereocenters. The molecular formula is C9H14O2. The van der Waals surface area contributed by atoms with Crippen molar-refractivity contribution >= 4 is 0 Å². The smallest absolute Gasteiger partial charge is 0.0802 e. The third kappa shape index (κ3) is 1.52. The first kappa shape index (κ1) is 8.50. The summed E-state index contributed by atoms with van der Waals surface area (Å²) in [6, 6.07) is 0. The van der Waals surface area contributed by atoms with Gasteiger partial charge in [0.15, 0.2) is 0 Å². The molecule has 1 rings (SSSR count). The average Bonchev–Trinajstić information content (AvgIpc) is 2.03. The average molecular weight is 154 g/mol. The van der Waals surface area contributed by atoms with Crippen LogP contribution in [0.1, 0.15) is 13.8 Å². The Hall–Kier alpha value is -0.600. The van der Waals surface area contributed by atoms with Gasteiger partial charge in [-0.15, -0.1) is 0 Å². The van der Waals surface area contributed by atoms with Crippen LogP contribution >= 0.6 is 0 Å². The van der Waals surface area contributed by atoms with E-state index in [1.165, 1.54) is 0 Å². The summed E-state index contributed by atoms with van der Waals surface area (Å²) >= 11 is 0. The van der Waals surface area contributed by atoms with E-state index in [9.17, 15) is 10.2 Å². The monoisotopic (exact) mass is 154 g/mol. The van der Waals surface area contributed by atoms with Gasteiger partial charge in [-0.05, 0) is 0 Å². The molecule has 0 spiro atoms. The van der Waals surface area contributed by atoms with Crippen LogP contribution in [0.4, 0.5) is 0 Å². The SMILES string of the molecule is CC1(C)[C@H](O)C=CC=C[C@H]1O. The minimum Gasteiger partial charge on any atom is -0.388 e. The van der Waals surface area contributed by atoms with Crippen molar-refractivity contribution in [2.24, 2.45) is 5.41 Å². The van der Waals surface area contributed by atoms with Crippen molar-refractivity contribution in [3.8, 4) is 0 Å². The maximum absolute atomic E-state index is 9.50. The molecule has 0 saturated carbocycles. The molecule has 2 heteroatoms. The van der Waals surface area contributed by atoms with Gasteiger partial charge in [0, 0.05) is 5.41 Å². The quantitative estimate of drug-likeness (QED) is 0.543. The van der Waals surface area contributed by atoms with Crippen LogP contribution in [0.2, 0.25) is 0 Å². The highest BCUT2D eigenvalue weighted by atomic mass is 16.3. The van der Waals surface area contributed by atoms with E-state index in [1.807, 2.05) is 13.8 Å². The van der Waals surface area contributed by atoms with Crippen LogP contribution < -0.4 is 0 Å². The van der Waals surface area contributed by atoms with Crippen molar-refractivity contribution in [3.05, 3.63) is 24.3 Å². The Morgan fingerprint density at radius 2 is 1.36 bits per heavy atom. The molecule has 1 aliphatic rings. The Kier molecular flexibility index (Phi) is 2.16. The highest BCUT2D eigenvalue weighted by Gasteiger charge is 2.33. The van der Waals surface area contributed by atoms with Crippen LogP contribution in [-0.2, 0) is 0 Å². The summed E-state index contributed by atoms with van der Waals surface area (Å²) in [4.78, 5) is 0. The summed E-state index contributed by atoms with van der Waals surface area (Å²) in [6.07, 6.45) is 5.73. The molecule has 2 atom stereocenters. The number of aliphatic hydroxyl groups is 2. The molecule has 2 N–H and O–H groups in total. The Morgan fingerprint density at radius 1 is 1.00 bits per heavy atom. The van der Waals surface area contributed by atoms with Crippen LogP contribution in [0.5, 0.6) is 0 Å². The third-order valence-electron chi connectivity index (χ3n) is 2.22. The first-order valence-electron chi connectivity index (χ1n) is 3.76. The van der Waals surface area contributed by atoms with E-state index in [4.69, 9.17) is 0 Å². The first-order valence-corrected chi connectivity index (χ1v) is 3.76. The molecule has 11 heavy (non-hydrogen) atoms. The molecule has 0 aromatic heterocycles. The second-order valence-corrected chi connectivity index (χ2v) is 3.48. The van der Waals surface area contributed by atoms with Crippen LogP contribution in [0, 0.1) is 5.41 Å². The van der Waals surface area contributed by atoms with Crippen molar-refractivity contribution in [2.75, 3.05) is 0 Å². The molecule has 0 aliphatic heterocycles. The lowest BCUT2D eigenvalue weighted by Crippen LogP contribution is -2.37. The van der Waals surface area contributed by atoms with E-state index in [0.29, 0.717) is 0 Å². The van der Waals surface area contributed by atoms with E-state index in [1.54, 1.807) is 24.3 Å². The Bertz CT molecular complexity index is 172. The predicted octanol–water partition coefficient (Wildman–Crippen LogP) is 0.860. The normalized spacial score (nSPS) is 35.3. The number of aliphatic hydroxyl groups excluding tert-OH is 2. The minimum absolute atomic E-state index is 0.483. The number of allylic oxidation sites excluding steroid dienone is 2. The molecular weight excluding hydrogens is 140 g/mol. The van der Waals surface area contributed by atoms with Gasteiger partial charge in [0.1, 0.15) is 0 Å². The molecule has 1 aliphatic carbocycles. The molecule has 0 aromatic carbocycles. The Balaban J connectivity index is 2.89. The number of hydrogen-bond acceptors (Lipinski definition) is 2. The lowest BCUT2D eigenvalue weighted by atomic mass is 9.81. The maximum Gasteiger partial charge on any atom is 0.0802 e. The molecule has 0 bridgehead atoms. The largest absolute Gasteiger partial charge is 0.388 e. The van der Waals surface area contributed by atoms with Gasteiger partial charge in [-0.25, -0.2) is 0 Å². The van der Waals surface area contributed by atoms with Gasteiger partial charge in [-0.3, -0.25) is 0 Å². The molecule has 2 nitrogen and oxygen atoms in total. The standard InChI is InChI=1S/C9H14O2/c1-9(2)7(10)5-3-4-6-8(9)11/h3-8,10-11H,1-2H3/t7-,8-/m1/s1. The molecule has 0 saturated heterocycles. The third-order valence-corrected chi connectivity index (χ3v) is 2.22. The highest BCUT2D eigenvalue weighted by Crippen LogP contribution is 2.28. The van der Waals surface area contributed by atoms with Gasteiger partial charge in [-0.2, -0.15) is 0 Å². The van der Waals surface area contributed by atoms with Gasteiger partial charge in [0.25, 0.3) is 0 Å². The van der Waals surface area contributed by atoms with Crippen molar-refractivity contribution in [1.82, 2.24) is 0 Å². The molecule has 0 aromatic rings. The second kappa shape index (κ2) is 2.80. The fourth-order valence-corrected chi connectivity index (χ4v) is 1.01. The van der Waals surface area contributed by atoms with Crippen LogP contribution in [0.25, 0.3) is 0 Å². The van der Waals surface area contributed by atoms with Crippen LogP contribution in [-0.4, -0.2) is 22.4 Å². The number of rotatable bonds is 0. The molecule has 0 fully saturated rings. The zero-order chi connectivity index (χ0) is 8.48. The molecule has 0 amide bonds. The lowest BCUT2D eigenvalue weighted by Gasteiger charge is -2.30. The predicted molar refractivity (Wildman–Crippen MR) is 44.1 cm³/mol. The fourth-order valence-electron chi connectivity index (χ4n) is 1.01. The van der Waals surface area contributed by atoms with Gasteiger partial charge in [0.05, 0.1) is 12.2 Å². The van der Waals surface area contributed by atoms with E-state index in [-0.39, 0.29) is 0 Å². The van der Waals surface area contributed by atoms with Crippen molar-refractivity contribution in [1.29, 1.82) is 0 Å². The summed E-state index contributed by atoms with van der Waals surface area (Å²) in [7, 11) is 0. The fraction of sp³-hybridized carbons (Fsp3) is 0.556. The van der Waals surface area contributed by atoms with Crippen molar-refractivity contribution < 1.29 is 10.2 Å². The summed E-state index contributed by atoms with van der Waals surface area (Å²) in [6.45, 7) is 3.67. The van der Waals surface area contributed by atoms with Crippen LogP contribution in [0.3, 0.4) is 0 Å². The first-order chi connectivity index (χ1) is 5.05. The topological polar surface area (TPSA) is 40.5 Å². The van der Waals surface area contributed by atoms with Gasteiger partial charge in [-0.1, -0.05) is 38.2 Å². The van der Waals surface area contributed by atoms with E-state index < -0.39 is 17.6 Å². The lowest BCUT2D eigenvalue weighted by molar-refractivity contribution is 0.000840. The maximum atomic E-state index is 9.50. The summed E-state index contributed by atoms with van der Waals surface area (Å²) < 4.78 is 0. The van der Waals surface area contributed by atoms with Crippen molar-refractivity contribution in [3.63, 3.8) is 0 Å². The van der Waals surface area contributed by atoms with Gasteiger partial charge < -0.3 is 10.2 Å². The molecule has 62 valence electrons. The van der Waals surface area contributed by atoms with E-state index in [2.05, 4.69) is 0 Å². The number of hydrogen-bond donors (Lipinski definition) is 2. The van der Waals surface area contributed by atoms with E-state index in [0.717, 1.165) is 0 Å². The van der Waals surface area contributed by atoms with Gasteiger partial charge in [0.2, 0.25) is 0 Å². The Morgan fingerprint density at radius 3 is 1.73 bits per heavy atom. The summed E-state index contributed by atoms with van der Waals surface area (Å²) in [5.41, 5.74) is -0.483. The van der Waals surface area contributed by atoms with Crippen LogP contribution in [0.15, 0.2) is 24.3 Å². The van der Waals surface area contributed by atoms with E-state index >= 15 is 0 Å². The minimum atomic E-state index is -0.576. The highest BCUT2D eigenvalue weighted by molar-refractivity contribution is 5.16. The van der Waals surface area contributed by atoms with Gasteiger partial charge >= 0.3 is 0 Å². The molecule has 0 heterocycles. The second-order valence-electron chi connectivity index (χ2n) is 3.48. The van der Waals surface area contributed by atoms with Crippen molar-refractivity contribution in [2.45, 2.75) is 26.1 Å². The Labute approximate surface area is 66.9 Å². The summed E-state index contributed by atoms with van der Waals surface area (Å²) in [5, 5.41) is 19.0. The molecule has 0 radical (unpaired) electrons. The zero-order valence-electron chi connectivity index (χ0n) is 6.86. The zero-order valence-corrected chi connectivity index (χ0v) is 6.86. The summed E-state index contributed by atoms with van der Waals surface area (Å²) in [5.74, 6) is 0.